The van der Waals surface area contributed by atoms with Gasteiger partial charge >= 0.3 is 0 Å². The molecule has 0 fully saturated rings. The van der Waals surface area contributed by atoms with Crippen molar-refractivity contribution in [2.75, 3.05) is 0 Å². The van der Waals surface area contributed by atoms with Crippen molar-refractivity contribution in [3.8, 4) is 24.3 Å². The van der Waals surface area contributed by atoms with Gasteiger partial charge in [-0.2, -0.15) is 0 Å². The first-order valence-electron chi connectivity index (χ1n) is 7.00. The van der Waals surface area contributed by atoms with Gasteiger partial charge in [-0.05, 0) is 90.8 Å². The molecule has 2 rings (SSSR count). The highest BCUT2D eigenvalue weighted by atomic mass is 127. The summed E-state index contributed by atoms with van der Waals surface area (Å²) >= 11 is 8.13. The molecule has 0 aliphatic rings. The van der Waals surface area contributed by atoms with Gasteiger partial charge < -0.3 is 0 Å². The molecule has 0 atom stereocenters. The summed E-state index contributed by atoms with van der Waals surface area (Å²) < 4.78 is 27.0. The quantitative estimate of drug-likeness (QED) is 0.130. The van der Waals surface area contributed by atoms with Crippen molar-refractivity contribution in [1.82, 2.24) is 0 Å². The van der Waals surface area contributed by atoms with Crippen LogP contribution in [-0.2, 0) is 0 Å². The Morgan fingerprint density at radius 1 is 0.920 bits per heavy atom. The van der Waals surface area contributed by atoms with Gasteiger partial charge in [0.2, 0.25) is 0 Å². The van der Waals surface area contributed by atoms with E-state index >= 15 is 0 Å². The van der Waals surface area contributed by atoms with E-state index in [9.17, 15) is 8.78 Å². The predicted molar refractivity (Wildman–Crippen MR) is 121 cm³/mol. The van der Waals surface area contributed by atoms with Gasteiger partial charge in [0.1, 0.15) is 19.7 Å². The van der Waals surface area contributed by atoms with Crippen molar-refractivity contribution >= 4 is 62.5 Å². The van der Waals surface area contributed by atoms with Gasteiger partial charge in [0.15, 0.2) is 0 Å². The first kappa shape index (κ1) is 24.3. The normalized spacial score (nSPS) is 9.52. The minimum Gasteiger partial charge on any atom is -0.206 e. The lowest BCUT2D eigenvalue weighted by atomic mass is 10.2. The lowest BCUT2D eigenvalue weighted by molar-refractivity contribution is 0.620. The Morgan fingerprint density at radius 2 is 1.36 bits per heavy atom. The molecule has 0 saturated heterocycles. The zero-order valence-electron chi connectivity index (χ0n) is 14.0. The third-order valence-corrected chi connectivity index (χ3v) is 5.22. The third kappa shape index (κ3) is 11.5. The lowest BCUT2D eigenvalue weighted by Gasteiger charge is -2.00. The molecule has 0 heterocycles. The Morgan fingerprint density at radius 3 is 1.68 bits per heavy atom. The van der Waals surface area contributed by atoms with E-state index in [1.165, 1.54) is 12.1 Å². The molecule has 0 radical (unpaired) electrons. The molecule has 0 bridgehead atoms. The first-order chi connectivity index (χ1) is 11.5. The lowest BCUT2D eigenvalue weighted by Crippen LogP contribution is -2.15. The molecule has 0 nitrogen and oxygen atoms in total. The van der Waals surface area contributed by atoms with Crippen molar-refractivity contribution in [2.24, 2.45) is 0 Å². The molecule has 0 aliphatic heterocycles. The maximum absolute atomic E-state index is 12.6. The van der Waals surface area contributed by atoms with E-state index in [2.05, 4.69) is 85.6 Å². The summed E-state index contributed by atoms with van der Waals surface area (Å²) in [5.41, 5.74) is 3.30. The highest BCUT2D eigenvalue weighted by molar-refractivity contribution is 14.1. The monoisotopic (exact) mass is 596 g/mol. The van der Waals surface area contributed by atoms with Crippen molar-refractivity contribution < 1.29 is 8.78 Å². The molecular weight excluding hydrogens is 581 g/mol. The molecule has 6 heteroatoms. The number of hydrogen-bond acceptors (Lipinski definition) is 0. The molecule has 0 aliphatic carbocycles. The highest BCUT2D eigenvalue weighted by Crippen LogP contribution is 2.17. The Kier molecular flexibility index (Phi) is 11.5. The molecule has 0 amide bonds. The van der Waals surface area contributed by atoms with Gasteiger partial charge in [-0.1, -0.05) is 25.6 Å². The average molecular weight is 598 g/mol. The second-order valence-electron chi connectivity index (χ2n) is 5.73. The largest absolute Gasteiger partial charge is 0.206 e. The van der Waals surface area contributed by atoms with Crippen molar-refractivity contribution in [2.45, 2.75) is 19.6 Å². The van der Waals surface area contributed by atoms with Gasteiger partial charge in [-0.3, -0.25) is 0 Å². The highest BCUT2D eigenvalue weighted by Gasteiger charge is 2.05. The van der Waals surface area contributed by atoms with E-state index in [1.807, 2.05) is 6.07 Å². The molecular formula is C19H17Br2F2ISi. The van der Waals surface area contributed by atoms with E-state index in [0.29, 0.717) is 14.5 Å². The second-order valence-corrected chi connectivity index (χ2v) is 13.5. The Balaban J connectivity index is 0.000000358. The van der Waals surface area contributed by atoms with Crippen LogP contribution in [0.5, 0.6) is 0 Å². The van der Waals surface area contributed by atoms with Crippen LogP contribution in [0.25, 0.3) is 0 Å². The molecule has 0 N–H and O–H groups in total. The van der Waals surface area contributed by atoms with Crippen molar-refractivity contribution in [1.29, 1.82) is 0 Å². The summed E-state index contributed by atoms with van der Waals surface area (Å²) in [6.07, 6.45) is 10.2. The number of terminal acetylenes is 2. The van der Waals surface area contributed by atoms with Crippen LogP contribution in [0.3, 0.4) is 0 Å². The van der Waals surface area contributed by atoms with Gasteiger partial charge in [-0.15, -0.1) is 18.4 Å². The number of benzene rings is 2. The first-order valence-corrected chi connectivity index (χ1v) is 13.2. The third-order valence-electron chi connectivity index (χ3n) is 2.40. The average Bonchev–Trinajstić information content (AvgIpc) is 2.54. The van der Waals surface area contributed by atoms with Crippen LogP contribution in [0, 0.1) is 39.5 Å². The van der Waals surface area contributed by atoms with Gasteiger partial charge in [0.05, 0.1) is 8.95 Å². The summed E-state index contributed by atoms with van der Waals surface area (Å²) in [4.78, 5) is 0. The van der Waals surface area contributed by atoms with Crippen LogP contribution < -0.4 is 0 Å². The molecule has 0 spiro atoms. The number of hydrogen-bond donors (Lipinski definition) is 0. The summed E-state index contributed by atoms with van der Waals surface area (Å²) in [6.45, 7) is 6.44. The number of rotatable bonds is 0. The number of halogens is 5. The molecule has 25 heavy (non-hydrogen) atoms. The summed E-state index contributed by atoms with van der Waals surface area (Å²) in [5, 5.41) is 0. The summed E-state index contributed by atoms with van der Waals surface area (Å²) in [7, 11) is -1.10. The van der Waals surface area contributed by atoms with Gasteiger partial charge in [0, 0.05) is 9.13 Å². The van der Waals surface area contributed by atoms with Crippen LogP contribution in [-0.4, -0.2) is 8.07 Å². The van der Waals surface area contributed by atoms with E-state index in [1.54, 1.807) is 18.2 Å². The fourth-order valence-electron chi connectivity index (χ4n) is 1.06. The maximum atomic E-state index is 12.6. The Hall–Kier alpha value is -0.673. The minimum atomic E-state index is -1.10. The Bertz CT molecular complexity index is 787. The minimum absolute atomic E-state index is 0.207. The van der Waals surface area contributed by atoms with Gasteiger partial charge in [0.25, 0.3) is 0 Å². The van der Waals surface area contributed by atoms with E-state index < -0.39 is 8.07 Å². The molecule has 2 aromatic rings. The van der Waals surface area contributed by atoms with Gasteiger partial charge in [-0.25, -0.2) is 8.78 Å². The zero-order valence-corrected chi connectivity index (χ0v) is 20.3. The van der Waals surface area contributed by atoms with Crippen molar-refractivity contribution in [3.05, 3.63) is 66.1 Å². The SMILES string of the molecule is C#C[Si](C)(C)C.C#Cc1ccc(Br)c(F)c1.Fc1cc(I)ccc1Br. The Labute approximate surface area is 180 Å². The zero-order chi connectivity index (χ0) is 19.6. The molecule has 0 aromatic heterocycles. The second kappa shape index (κ2) is 11.8. The standard InChI is InChI=1S/C8H4BrF.C6H3BrFI.C5H10Si/c1-2-6-3-4-7(9)8(10)5-6;7-5-2-1-4(9)3-6(5)8;1-5-6(2,3)4/h1,3-5H;1-3H;1H,2-4H3. The molecule has 0 saturated carbocycles. The van der Waals surface area contributed by atoms with E-state index in [0.717, 1.165) is 3.57 Å². The van der Waals surface area contributed by atoms with Crippen LogP contribution in [0.2, 0.25) is 19.6 Å². The van der Waals surface area contributed by atoms with E-state index in [-0.39, 0.29) is 11.6 Å². The summed E-state index contributed by atoms with van der Waals surface area (Å²) in [5.74, 6) is 1.80. The van der Waals surface area contributed by atoms with Crippen LogP contribution >= 0.6 is 54.5 Å². The maximum Gasteiger partial charge on any atom is 0.138 e. The fraction of sp³-hybridized carbons (Fsp3) is 0.158. The van der Waals surface area contributed by atoms with Crippen LogP contribution in [0.4, 0.5) is 8.78 Å². The molecule has 132 valence electrons. The van der Waals surface area contributed by atoms with Crippen LogP contribution in [0.1, 0.15) is 5.56 Å². The summed E-state index contributed by atoms with van der Waals surface area (Å²) in [6, 6.07) is 9.58. The van der Waals surface area contributed by atoms with Crippen molar-refractivity contribution in [3.63, 3.8) is 0 Å². The van der Waals surface area contributed by atoms with Crippen LogP contribution in [0.15, 0.2) is 45.3 Å². The van der Waals surface area contributed by atoms with E-state index in [4.69, 9.17) is 12.8 Å². The fourth-order valence-corrected chi connectivity index (χ4v) is 2.00. The predicted octanol–water partition coefficient (Wildman–Crippen LogP) is 7.26. The smallest absolute Gasteiger partial charge is 0.138 e. The topological polar surface area (TPSA) is 0 Å². The molecule has 2 aromatic carbocycles. The molecule has 0 unspecified atom stereocenters.